The molecule has 7 heteroatoms. The van der Waals surface area contributed by atoms with Gasteiger partial charge in [0.05, 0.1) is 23.0 Å². The number of hydrogen-bond acceptors (Lipinski definition) is 6. The minimum absolute atomic E-state index is 0.0101. The molecule has 0 bridgehead atoms. The number of nitrogens with zero attached hydrogens (tertiary/aromatic N) is 2. The summed E-state index contributed by atoms with van der Waals surface area (Å²) in [6, 6.07) is 3.77. The van der Waals surface area contributed by atoms with E-state index in [1.807, 2.05) is 19.1 Å². The number of halogens is 1. The van der Waals surface area contributed by atoms with Crippen LogP contribution in [-0.4, -0.2) is 9.97 Å². The number of nitrogens with two attached hydrogens (primary N) is 1. The predicted octanol–water partition coefficient (Wildman–Crippen LogP) is 4.27. The number of aromatic nitrogens is 2. The van der Waals surface area contributed by atoms with Crippen LogP contribution in [-0.2, 0) is 6.54 Å². The van der Waals surface area contributed by atoms with Crippen molar-refractivity contribution in [2.75, 3.05) is 5.32 Å². The summed E-state index contributed by atoms with van der Waals surface area (Å²) in [7, 11) is 0. The highest BCUT2D eigenvalue weighted by molar-refractivity contribution is 7.19. The summed E-state index contributed by atoms with van der Waals surface area (Å²) < 4.78 is 6.31. The summed E-state index contributed by atoms with van der Waals surface area (Å²) in [5, 5.41) is 3.50. The fourth-order valence-electron chi connectivity index (χ4n) is 2.32. The van der Waals surface area contributed by atoms with Gasteiger partial charge in [-0.25, -0.2) is 4.98 Å². The molecule has 0 radical (unpaired) electrons. The summed E-state index contributed by atoms with van der Waals surface area (Å²) in [6.45, 7) is 4.65. The molecule has 0 saturated heterocycles. The van der Waals surface area contributed by atoms with E-state index in [2.05, 4.69) is 22.2 Å². The minimum Gasteiger partial charge on any atom is -0.467 e. The molecule has 1 atom stereocenters. The summed E-state index contributed by atoms with van der Waals surface area (Å²) in [5.41, 5.74) is 8.14. The van der Waals surface area contributed by atoms with Crippen LogP contribution in [0.25, 0.3) is 10.2 Å². The Morgan fingerprint density at radius 2 is 2.27 bits per heavy atom. The largest absolute Gasteiger partial charge is 0.467 e. The molecule has 0 saturated carbocycles. The van der Waals surface area contributed by atoms with Gasteiger partial charge in [0.15, 0.2) is 0 Å². The van der Waals surface area contributed by atoms with Crippen molar-refractivity contribution in [3.05, 3.63) is 39.9 Å². The maximum Gasteiger partial charge on any atom is 0.224 e. The fourth-order valence-corrected chi connectivity index (χ4v) is 3.79. The third kappa shape index (κ3) is 2.82. The highest BCUT2D eigenvalue weighted by atomic mass is 35.5. The number of rotatable bonds is 5. The molecule has 22 heavy (non-hydrogen) atoms. The van der Waals surface area contributed by atoms with Crippen LogP contribution < -0.4 is 11.1 Å². The maximum atomic E-state index is 6.19. The van der Waals surface area contributed by atoms with Crippen molar-refractivity contribution in [2.24, 2.45) is 5.73 Å². The van der Waals surface area contributed by atoms with Gasteiger partial charge in [-0.05, 0) is 42.6 Å². The van der Waals surface area contributed by atoms with E-state index < -0.39 is 0 Å². The van der Waals surface area contributed by atoms with E-state index in [1.165, 1.54) is 0 Å². The van der Waals surface area contributed by atoms with E-state index >= 15 is 0 Å². The SMILES string of the molecule is CCC(N)c1sc2c(NCc3ccco3)nc(Cl)nc2c1C. The molecule has 5 nitrogen and oxygen atoms in total. The highest BCUT2D eigenvalue weighted by Crippen LogP contribution is 2.38. The Morgan fingerprint density at radius 1 is 1.45 bits per heavy atom. The van der Waals surface area contributed by atoms with E-state index in [1.54, 1.807) is 17.6 Å². The molecule has 116 valence electrons. The van der Waals surface area contributed by atoms with E-state index in [9.17, 15) is 0 Å². The molecule has 3 N–H and O–H groups in total. The lowest BCUT2D eigenvalue weighted by Gasteiger charge is -2.06. The van der Waals surface area contributed by atoms with E-state index in [-0.39, 0.29) is 11.3 Å². The van der Waals surface area contributed by atoms with Crippen molar-refractivity contribution in [3.63, 3.8) is 0 Å². The van der Waals surface area contributed by atoms with Crippen LogP contribution in [0.4, 0.5) is 5.82 Å². The van der Waals surface area contributed by atoms with Crippen molar-refractivity contribution in [1.82, 2.24) is 9.97 Å². The monoisotopic (exact) mass is 336 g/mol. The fraction of sp³-hybridized carbons (Fsp3) is 0.333. The summed E-state index contributed by atoms with van der Waals surface area (Å²) in [5.74, 6) is 1.55. The molecule has 3 rings (SSSR count). The minimum atomic E-state index is 0.0101. The molecule has 0 fully saturated rings. The number of furan rings is 1. The van der Waals surface area contributed by atoms with Gasteiger partial charge in [-0.3, -0.25) is 0 Å². The van der Waals surface area contributed by atoms with E-state index in [0.29, 0.717) is 12.4 Å². The van der Waals surface area contributed by atoms with Gasteiger partial charge in [-0.2, -0.15) is 4.98 Å². The normalized spacial score (nSPS) is 12.7. The first-order chi connectivity index (χ1) is 10.6. The van der Waals surface area contributed by atoms with Gasteiger partial charge in [-0.1, -0.05) is 6.92 Å². The first-order valence-corrected chi connectivity index (χ1v) is 8.28. The van der Waals surface area contributed by atoms with Crippen molar-refractivity contribution >= 4 is 39.0 Å². The molecule has 1 unspecified atom stereocenters. The average molecular weight is 337 g/mol. The van der Waals surface area contributed by atoms with Gasteiger partial charge in [0.25, 0.3) is 0 Å². The predicted molar refractivity (Wildman–Crippen MR) is 90.4 cm³/mol. The zero-order chi connectivity index (χ0) is 15.7. The Bertz CT molecular complexity index is 785. The van der Waals surface area contributed by atoms with Crippen molar-refractivity contribution in [3.8, 4) is 0 Å². The van der Waals surface area contributed by atoms with E-state index in [4.69, 9.17) is 21.8 Å². The standard InChI is InChI=1S/C15H17ClN4OS/c1-3-10(17)12-8(2)11-13(22-12)14(20-15(16)19-11)18-7-9-5-4-6-21-9/h4-6,10H,3,7,17H2,1-2H3,(H,18,19,20). The molecule has 3 heterocycles. The Balaban J connectivity index is 2.01. The molecular weight excluding hydrogens is 320 g/mol. The van der Waals surface area contributed by atoms with Crippen molar-refractivity contribution in [1.29, 1.82) is 0 Å². The second-order valence-electron chi connectivity index (χ2n) is 5.06. The zero-order valence-electron chi connectivity index (χ0n) is 12.4. The number of fused-ring (bicyclic) bond motifs is 1. The molecule has 3 aromatic rings. The van der Waals surface area contributed by atoms with Crippen LogP contribution in [0, 0.1) is 6.92 Å². The van der Waals surface area contributed by atoms with E-state index in [0.717, 1.165) is 32.8 Å². The molecule has 0 aliphatic carbocycles. The third-order valence-electron chi connectivity index (χ3n) is 3.56. The van der Waals surface area contributed by atoms with Gasteiger partial charge < -0.3 is 15.5 Å². The Labute approximate surface area is 137 Å². The topological polar surface area (TPSA) is 77.0 Å². The zero-order valence-corrected chi connectivity index (χ0v) is 14.0. The first kappa shape index (κ1) is 15.3. The molecule has 0 aromatic carbocycles. The van der Waals surface area contributed by atoms with Crippen LogP contribution in [0.15, 0.2) is 22.8 Å². The number of nitrogens with one attached hydrogen (secondary N) is 1. The van der Waals surface area contributed by atoms with Crippen LogP contribution in [0.2, 0.25) is 5.28 Å². The molecule has 3 aromatic heterocycles. The summed E-state index contributed by atoms with van der Waals surface area (Å²) in [4.78, 5) is 9.81. The molecule has 0 aliphatic rings. The van der Waals surface area contributed by atoms with Crippen LogP contribution >= 0.6 is 22.9 Å². The number of anilines is 1. The number of thiophene rings is 1. The summed E-state index contributed by atoms with van der Waals surface area (Å²) >= 11 is 7.69. The quantitative estimate of drug-likeness (QED) is 0.680. The second-order valence-corrected chi connectivity index (χ2v) is 6.45. The van der Waals surface area contributed by atoms with Crippen LogP contribution in [0.5, 0.6) is 0 Å². The lowest BCUT2D eigenvalue weighted by atomic mass is 10.1. The molecular formula is C15H17ClN4OS. The van der Waals surface area contributed by atoms with Crippen molar-refractivity contribution < 1.29 is 4.42 Å². The molecule has 0 amide bonds. The lowest BCUT2D eigenvalue weighted by Crippen LogP contribution is -2.07. The molecule has 0 spiro atoms. The van der Waals surface area contributed by atoms with Gasteiger partial charge in [0, 0.05) is 10.9 Å². The Hall–Kier alpha value is -1.63. The first-order valence-electron chi connectivity index (χ1n) is 7.08. The Morgan fingerprint density at radius 3 is 2.95 bits per heavy atom. The van der Waals surface area contributed by atoms with Crippen molar-refractivity contribution in [2.45, 2.75) is 32.9 Å². The second kappa shape index (κ2) is 6.24. The number of aryl methyl sites for hydroxylation is 1. The maximum absolute atomic E-state index is 6.19. The summed E-state index contributed by atoms with van der Waals surface area (Å²) in [6.07, 6.45) is 2.53. The smallest absolute Gasteiger partial charge is 0.224 e. The van der Waals surface area contributed by atoms with Gasteiger partial charge >= 0.3 is 0 Å². The van der Waals surface area contributed by atoms with Crippen LogP contribution in [0.3, 0.4) is 0 Å². The van der Waals surface area contributed by atoms with Gasteiger partial charge in [-0.15, -0.1) is 11.3 Å². The number of hydrogen-bond donors (Lipinski definition) is 2. The average Bonchev–Trinajstić information content (AvgIpc) is 3.13. The van der Waals surface area contributed by atoms with Gasteiger partial charge in [0.2, 0.25) is 5.28 Å². The van der Waals surface area contributed by atoms with Gasteiger partial charge in [0.1, 0.15) is 11.6 Å². The molecule has 0 aliphatic heterocycles. The van der Waals surface area contributed by atoms with Crippen LogP contribution in [0.1, 0.15) is 35.6 Å². The third-order valence-corrected chi connectivity index (χ3v) is 5.15. The Kier molecular flexibility index (Phi) is 4.33. The highest BCUT2D eigenvalue weighted by Gasteiger charge is 2.18. The lowest BCUT2D eigenvalue weighted by molar-refractivity contribution is 0.518.